The first kappa shape index (κ1) is 11.8. The van der Waals surface area contributed by atoms with Crippen LogP contribution in [-0.4, -0.2) is 12.6 Å². The van der Waals surface area contributed by atoms with Gasteiger partial charge in [-0.25, -0.2) is 0 Å². The first-order valence-corrected chi connectivity index (χ1v) is 5.14. The number of hydrogen-bond acceptors (Lipinski definition) is 1. The normalized spacial score (nSPS) is 16.2. The third kappa shape index (κ3) is 5.48. The van der Waals surface area contributed by atoms with Gasteiger partial charge in [-0.3, -0.25) is 0 Å². The highest BCUT2D eigenvalue weighted by atomic mass is 14.9. The van der Waals surface area contributed by atoms with Crippen molar-refractivity contribution in [1.82, 2.24) is 5.32 Å². The Bertz CT molecular complexity index is 99.2. The minimum atomic E-state index is 0.619. The number of hydrogen-bond donors (Lipinski definition) is 1. The Morgan fingerprint density at radius 3 is 2.17 bits per heavy atom. The van der Waals surface area contributed by atoms with E-state index >= 15 is 0 Å². The lowest BCUT2D eigenvalue weighted by Gasteiger charge is -2.14. The molecule has 0 saturated carbocycles. The maximum absolute atomic E-state index is 3.44. The fraction of sp³-hybridized carbons (Fsp3) is 0.909. The molecule has 0 fully saturated rings. The van der Waals surface area contributed by atoms with Crippen molar-refractivity contribution in [3.63, 3.8) is 0 Å². The molecule has 0 aromatic carbocycles. The van der Waals surface area contributed by atoms with Gasteiger partial charge in [0.05, 0.1) is 12.8 Å². The summed E-state index contributed by atoms with van der Waals surface area (Å²) in [7, 11) is 0. The molecule has 0 bridgehead atoms. The Morgan fingerprint density at radius 2 is 1.75 bits per heavy atom. The zero-order valence-electron chi connectivity index (χ0n) is 9.22. The van der Waals surface area contributed by atoms with Gasteiger partial charge in [0.15, 0.2) is 0 Å². The van der Waals surface area contributed by atoms with Gasteiger partial charge in [-0.1, -0.05) is 20.8 Å². The predicted octanol–water partition coefficient (Wildman–Crippen LogP) is 2.87. The van der Waals surface area contributed by atoms with Crippen molar-refractivity contribution in [2.45, 2.75) is 47.1 Å². The molecular formula is C11H24N+. The standard InChI is InChI=1S/C11H24N/c1-6-12-11(5)10(4)8-7-9(2)3/h8-12H,6-7H2,1-5H3/q+1. The Labute approximate surface area is 77.9 Å². The van der Waals surface area contributed by atoms with Crippen molar-refractivity contribution in [2.75, 3.05) is 6.54 Å². The minimum Gasteiger partial charge on any atom is -0.310 e. The maximum Gasteiger partial charge on any atom is 0.110 e. The van der Waals surface area contributed by atoms with Crippen molar-refractivity contribution in [2.24, 2.45) is 11.8 Å². The fourth-order valence-electron chi connectivity index (χ4n) is 1.20. The Morgan fingerprint density at radius 1 is 1.17 bits per heavy atom. The second-order valence-corrected chi connectivity index (χ2v) is 4.07. The molecule has 2 atom stereocenters. The first-order valence-electron chi connectivity index (χ1n) is 5.14. The summed E-state index contributed by atoms with van der Waals surface area (Å²) in [6.07, 6.45) is 3.66. The lowest BCUT2D eigenvalue weighted by molar-refractivity contribution is 0.427. The van der Waals surface area contributed by atoms with Crippen molar-refractivity contribution < 1.29 is 0 Å². The average Bonchev–Trinajstić information content (AvgIpc) is 2.00. The van der Waals surface area contributed by atoms with Crippen LogP contribution in [0.2, 0.25) is 0 Å². The molecule has 72 valence electrons. The van der Waals surface area contributed by atoms with Crippen LogP contribution >= 0.6 is 0 Å². The SMILES string of the molecule is CCNC(C)C(C)[CH+]CC(C)C. The molecule has 0 aliphatic carbocycles. The lowest BCUT2D eigenvalue weighted by atomic mass is 9.94. The van der Waals surface area contributed by atoms with Gasteiger partial charge in [0, 0.05) is 6.04 Å². The zero-order chi connectivity index (χ0) is 9.56. The van der Waals surface area contributed by atoms with Crippen molar-refractivity contribution in [1.29, 1.82) is 0 Å². The fourth-order valence-corrected chi connectivity index (χ4v) is 1.20. The Balaban J connectivity index is 3.49. The zero-order valence-corrected chi connectivity index (χ0v) is 9.22. The summed E-state index contributed by atoms with van der Waals surface area (Å²) >= 11 is 0. The van der Waals surface area contributed by atoms with Crippen LogP contribution in [0.1, 0.15) is 41.0 Å². The van der Waals surface area contributed by atoms with E-state index in [4.69, 9.17) is 0 Å². The van der Waals surface area contributed by atoms with E-state index in [0.29, 0.717) is 12.0 Å². The van der Waals surface area contributed by atoms with Crippen molar-refractivity contribution in [3.8, 4) is 0 Å². The highest BCUT2D eigenvalue weighted by molar-refractivity contribution is 4.81. The Hall–Kier alpha value is -0.170. The van der Waals surface area contributed by atoms with Crippen molar-refractivity contribution >= 4 is 0 Å². The van der Waals surface area contributed by atoms with Crippen LogP contribution in [0, 0.1) is 18.3 Å². The van der Waals surface area contributed by atoms with E-state index in [1.54, 1.807) is 0 Å². The van der Waals surface area contributed by atoms with Crippen LogP contribution in [-0.2, 0) is 0 Å². The third-order valence-corrected chi connectivity index (χ3v) is 2.29. The molecule has 1 heteroatoms. The molecule has 0 aliphatic rings. The second-order valence-electron chi connectivity index (χ2n) is 4.07. The van der Waals surface area contributed by atoms with E-state index in [-0.39, 0.29) is 0 Å². The van der Waals surface area contributed by atoms with E-state index in [1.807, 2.05) is 0 Å². The molecule has 2 unspecified atom stereocenters. The molecule has 0 aromatic heterocycles. The second kappa shape index (κ2) is 6.36. The summed E-state index contributed by atoms with van der Waals surface area (Å²) in [6.45, 7) is 12.3. The molecule has 0 amide bonds. The van der Waals surface area contributed by atoms with Gasteiger partial charge >= 0.3 is 0 Å². The van der Waals surface area contributed by atoms with Crippen LogP contribution in [0.5, 0.6) is 0 Å². The molecule has 0 radical (unpaired) electrons. The molecular weight excluding hydrogens is 146 g/mol. The quantitative estimate of drug-likeness (QED) is 0.604. The van der Waals surface area contributed by atoms with Gasteiger partial charge in [0.25, 0.3) is 0 Å². The molecule has 0 heterocycles. The number of rotatable bonds is 6. The van der Waals surface area contributed by atoms with Crippen LogP contribution in [0.3, 0.4) is 0 Å². The van der Waals surface area contributed by atoms with Gasteiger partial charge in [-0.15, -0.1) is 0 Å². The van der Waals surface area contributed by atoms with E-state index in [9.17, 15) is 0 Å². The van der Waals surface area contributed by atoms with Crippen LogP contribution in [0.4, 0.5) is 0 Å². The van der Waals surface area contributed by atoms with Crippen LogP contribution < -0.4 is 5.32 Å². The highest BCUT2D eigenvalue weighted by Crippen LogP contribution is 2.13. The van der Waals surface area contributed by atoms with E-state index in [2.05, 4.69) is 46.4 Å². The van der Waals surface area contributed by atoms with E-state index < -0.39 is 0 Å². The van der Waals surface area contributed by atoms with Gasteiger partial charge in [-0.05, 0) is 26.3 Å². The number of nitrogens with one attached hydrogen (secondary N) is 1. The summed E-state index contributed by atoms with van der Waals surface area (Å²) in [4.78, 5) is 0. The smallest absolute Gasteiger partial charge is 0.110 e. The first-order chi connectivity index (χ1) is 5.57. The summed E-state index contributed by atoms with van der Waals surface area (Å²) in [5.74, 6) is 1.48. The molecule has 0 spiro atoms. The summed E-state index contributed by atoms with van der Waals surface area (Å²) in [6, 6.07) is 0.619. The molecule has 0 aliphatic heterocycles. The molecule has 12 heavy (non-hydrogen) atoms. The predicted molar refractivity (Wildman–Crippen MR) is 56.1 cm³/mol. The maximum atomic E-state index is 3.44. The van der Waals surface area contributed by atoms with Crippen molar-refractivity contribution in [3.05, 3.63) is 6.42 Å². The lowest BCUT2D eigenvalue weighted by Crippen LogP contribution is -2.32. The molecule has 0 aromatic rings. The minimum absolute atomic E-state index is 0.619. The molecule has 1 N–H and O–H groups in total. The summed E-state index contributed by atoms with van der Waals surface area (Å²) in [5, 5.41) is 3.44. The van der Waals surface area contributed by atoms with Crippen LogP contribution in [0.25, 0.3) is 0 Å². The average molecular weight is 170 g/mol. The monoisotopic (exact) mass is 170 g/mol. The van der Waals surface area contributed by atoms with Gasteiger partial charge in [-0.2, -0.15) is 0 Å². The molecule has 1 nitrogen and oxygen atoms in total. The van der Waals surface area contributed by atoms with Gasteiger partial charge < -0.3 is 5.32 Å². The summed E-state index contributed by atoms with van der Waals surface area (Å²) < 4.78 is 0. The largest absolute Gasteiger partial charge is 0.310 e. The van der Waals surface area contributed by atoms with E-state index in [0.717, 1.165) is 12.5 Å². The van der Waals surface area contributed by atoms with Gasteiger partial charge in [0.2, 0.25) is 0 Å². The van der Waals surface area contributed by atoms with Crippen LogP contribution in [0.15, 0.2) is 0 Å². The topological polar surface area (TPSA) is 12.0 Å². The summed E-state index contributed by atoms with van der Waals surface area (Å²) in [5.41, 5.74) is 0. The van der Waals surface area contributed by atoms with E-state index in [1.165, 1.54) is 6.42 Å². The molecule has 0 rings (SSSR count). The third-order valence-electron chi connectivity index (χ3n) is 2.29. The van der Waals surface area contributed by atoms with Gasteiger partial charge in [0.1, 0.15) is 5.92 Å². The Kier molecular flexibility index (Phi) is 6.27. The highest BCUT2D eigenvalue weighted by Gasteiger charge is 2.18. The molecule has 0 saturated heterocycles.